The van der Waals surface area contributed by atoms with Crippen LogP contribution in [0.2, 0.25) is 10.0 Å². The Hall–Kier alpha value is -1.77. The lowest BCUT2D eigenvalue weighted by Gasteiger charge is -2.29. The van der Waals surface area contributed by atoms with Gasteiger partial charge in [-0.1, -0.05) is 28.4 Å². The topological polar surface area (TPSA) is 47.9 Å². The summed E-state index contributed by atoms with van der Waals surface area (Å²) >= 11 is 12.8. The highest BCUT2D eigenvalue weighted by atomic mass is 35.5. The van der Waals surface area contributed by atoms with Gasteiger partial charge >= 0.3 is 12.1 Å². The maximum absolute atomic E-state index is 14.0. The summed E-state index contributed by atoms with van der Waals surface area (Å²) < 4.78 is 47.0. The molecule has 28 heavy (non-hydrogen) atoms. The van der Waals surface area contributed by atoms with Gasteiger partial charge in [0.1, 0.15) is 10.6 Å². The summed E-state index contributed by atoms with van der Waals surface area (Å²) in [6, 6.07) is 5.24. The minimum absolute atomic E-state index is 0.0553. The normalized spacial score (nSPS) is 19.3. The fourth-order valence-electron chi connectivity index (χ4n) is 2.85. The Morgan fingerprint density at radius 3 is 2.50 bits per heavy atom. The maximum Gasteiger partial charge on any atom is 0.435 e. The van der Waals surface area contributed by atoms with Gasteiger partial charge in [0.2, 0.25) is 0 Å². The van der Waals surface area contributed by atoms with Crippen molar-refractivity contribution < 1.29 is 27.5 Å². The van der Waals surface area contributed by atoms with Crippen molar-refractivity contribution in [2.24, 2.45) is 5.16 Å². The zero-order valence-corrected chi connectivity index (χ0v) is 17.0. The molecule has 0 N–H and O–H groups in total. The van der Waals surface area contributed by atoms with Crippen molar-refractivity contribution >= 4 is 46.2 Å². The monoisotopic (exact) mass is 451 g/mol. The molecule has 1 unspecified atom stereocenters. The van der Waals surface area contributed by atoms with Crippen molar-refractivity contribution in [2.75, 3.05) is 6.61 Å². The third kappa shape index (κ3) is 3.73. The number of ether oxygens (including phenoxy) is 1. The molecule has 1 aromatic heterocycles. The van der Waals surface area contributed by atoms with Crippen molar-refractivity contribution in [2.45, 2.75) is 32.0 Å². The van der Waals surface area contributed by atoms with Gasteiger partial charge in [0, 0.05) is 15.6 Å². The molecule has 1 atom stereocenters. The maximum atomic E-state index is 14.0. The van der Waals surface area contributed by atoms with E-state index in [0.29, 0.717) is 15.3 Å². The van der Waals surface area contributed by atoms with E-state index in [1.807, 2.05) is 0 Å². The Kier molecular flexibility index (Phi) is 5.67. The Morgan fingerprint density at radius 1 is 1.29 bits per heavy atom. The summed E-state index contributed by atoms with van der Waals surface area (Å²) in [7, 11) is 0. The molecule has 1 aliphatic heterocycles. The van der Waals surface area contributed by atoms with Crippen LogP contribution in [0.15, 0.2) is 29.4 Å². The second kappa shape index (κ2) is 7.57. The molecular weight excluding hydrogens is 438 g/mol. The molecule has 1 aromatic carbocycles. The van der Waals surface area contributed by atoms with E-state index in [2.05, 4.69) is 5.16 Å². The van der Waals surface area contributed by atoms with Crippen molar-refractivity contribution in [3.05, 3.63) is 55.2 Å². The Bertz CT molecular complexity index is 938. The fourth-order valence-corrected chi connectivity index (χ4v) is 4.42. The van der Waals surface area contributed by atoms with Crippen LogP contribution < -0.4 is 0 Å². The number of thiophene rings is 1. The number of carbonyl (C=O) groups is 1. The average molecular weight is 452 g/mol. The predicted octanol–water partition coefficient (Wildman–Crippen LogP) is 6.12. The molecule has 0 saturated carbocycles. The van der Waals surface area contributed by atoms with Crippen molar-refractivity contribution in [3.8, 4) is 0 Å². The molecule has 2 aromatic rings. The van der Waals surface area contributed by atoms with Crippen LogP contribution >= 0.6 is 34.5 Å². The molecule has 3 rings (SSSR count). The van der Waals surface area contributed by atoms with E-state index in [4.69, 9.17) is 32.8 Å². The first kappa shape index (κ1) is 21.0. The van der Waals surface area contributed by atoms with Gasteiger partial charge in [0.15, 0.2) is 0 Å². The van der Waals surface area contributed by atoms with E-state index in [0.717, 1.165) is 23.5 Å². The van der Waals surface area contributed by atoms with Crippen LogP contribution in [0.4, 0.5) is 13.2 Å². The molecular formula is C18H14Cl2F3NO3S. The molecule has 0 spiro atoms. The molecule has 0 radical (unpaired) electrons. The lowest BCUT2D eigenvalue weighted by molar-refractivity contribution is -0.275. The number of carbonyl (C=O) groups excluding carboxylic acids is 1. The molecule has 150 valence electrons. The van der Waals surface area contributed by atoms with E-state index in [1.54, 1.807) is 19.9 Å². The van der Waals surface area contributed by atoms with Gasteiger partial charge in [-0.3, -0.25) is 0 Å². The van der Waals surface area contributed by atoms with E-state index in [9.17, 15) is 18.0 Å². The summed E-state index contributed by atoms with van der Waals surface area (Å²) in [5.74, 6) is -0.528. The van der Waals surface area contributed by atoms with Crippen LogP contribution in [0.5, 0.6) is 0 Å². The Morgan fingerprint density at radius 2 is 1.93 bits per heavy atom. The summed E-state index contributed by atoms with van der Waals surface area (Å²) in [6.07, 6.45) is -5.35. The second-order valence-electron chi connectivity index (χ2n) is 6.13. The van der Waals surface area contributed by atoms with Crippen LogP contribution in [0, 0.1) is 6.92 Å². The third-order valence-corrected chi connectivity index (χ3v) is 5.88. The van der Waals surface area contributed by atoms with Crippen molar-refractivity contribution in [1.82, 2.24) is 0 Å². The van der Waals surface area contributed by atoms with E-state index in [-0.39, 0.29) is 27.9 Å². The number of hydrogen-bond acceptors (Lipinski definition) is 5. The zero-order valence-electron chi connectivity index (χ0n) is 14.7. The van der Waals surface area contributed by atoms with Crippen molar-refractivity contribution in [3.63, 3.8) is 0 Å². The van der Waals surface area contributed by atoms with Gasteiger partial charge in [0.05, 0.1) is 17.9 Å². The SMILES string of the molecule is CCOC(=O)c1sc(C2=NOC(c3cc(Cl)cc(Cl)c3)(C(F)(F)F)C2)cc1C. The molecule has 4 nitrogen and oxygen atoms in total. The highest BCUT2D eigenvalue weighted by Gasteiger charge is 2.62. The number of esters is 1. The smallest absolute Gasteiger partial charge is 0.435 e. The summed E-state index contributed by atoms with van der Waals surface area (Å²) in [5.41, 5.74) is -2.28. The first-order valence-electron chi connectivity index (χ1n) is 8.13. The number of benzene rings is 1. The molecule has 1 aliphatic rings. The number of halogens is 5. The molecule has 0 amide bonds. The van der Waals surface area contributed by atoms with E-state index >= 15 is 0 Å². The number of aryl methyl sites for hydroxylation is 1. The van der Waals surface area contributed by atoms with Gasteiger partial charge in [0.25, 0.3) is 5.60 Å². The van der Waals surface area contributed by atoms with Crippen LogP contribution in [0.25, 0.3) is 0 Å². The van der Waals surface area contributed by atoms with E-state index < -0.39 is 24.2 Å². The highest BCUT2D eigenvalue weighted by Crippen LogP contribution is 2.50. The van der Waals surface area contributed by atoms with Crippen LogP contribution in [-0.2, 0) is 15.2 Å². The number of rotatable bonds is 4. The average Bonchev–Trinajstić information content (AvgIpc) is 3.18. The predicted molar refractivity (Wildman–Crippen MR) is 101 cm³/mol. The highest BCUT2D eigenvalue weighted by molar-refractivity contribution is 7.16. The van der Waals surface area contributed by atoms with Gasteiger partial charge in [-0.25, -0.2) is 4.79 Å². The summed E-state index contributed by atoms with van der Waals surface area (Å²) in [5, 5.41) is 3.80. The largest absolute Gasteiger partial charge is 0.462 e. The second-order valence-corrected chi connectivity index (χ2v) is 8.06. The van der Waals surface area contributed by atoms with Crippen LogP contribution in [0.3, 0.4) is 0 Å². The summed E-state index contributed by atoms with van der Waals surface area (Å²) in [6.45, 7) is 3.54. The first-order valence-corrected chi connectivity index (χ1v) is 9.71. The zero-order chi connectivity index (χ0) is 20.7. The number of hydrogen-bond donors (Lipinski definition) is 0. The van der Waals surface area contributed by atoms with Crippen LogP contribution in [0.1, 0.15) is 39.0 Å². The third-order valence-electron chi connectivity index (χ3n) is 4.18. The lowest BCUT2D eigenvalue weighted by atomic mass is 9.88. The van der Waals surface area contributed by atoms with Gasteiger partial charge in [-0.05, 0) is 43.7 Å². The van der Waals surface area contributed by atoms with E-state index in [1.165, 1.54) is 6.07 Å². The van der Waals surface area contributed by atoms with Crippen LogP contribution in [-0.4, -0.2) is 24.5 Å². The van der Waals surface area contributed by atoms with Gasteiger partial charge in [-0.2, -0.15) is 13.2 Å². The number of alkyl halides is 3. The minimum atomic E-state index is -4.78. The lowest BCUT2D eigenvalue weighted by Crippen LogP contribution is -2.42. The van der Waals surface area contributed by atoms with Crippen molar-refractivity contribution in [1.29, 1.82) is 0 Å². The number of oxime groups is 1. The Labute approximate surface area is 172 Å². The first-order chi connectivity index (χ1) is 13.1. The summed E-state index contributed by atoms with van der Waals surface area (Å²) in [4.78, 5) is 17.7. The standard InChI is InChI=1S/C18H14Cl2F3NO3S/c1-3-26-16(25)15-9(2)4-14(28-15)13-8-17(27-24-13,18(21,22)23)10-5-11(19)7-12(20)6-10/h4-7H,3,8H2,1-2H3. The van der Waals surface area contributed by atoms with Gasteiger partial charge in [-0.15, -0.1) is 11.3 Å². The Balaban J connectivity index is 1.98. The molecule has 2 heterocycles. The minimum Gasteiger partial charge on any atom is -0.462 e. The van der Waals surface area contributed by atoms with Gasteiger partial charge < -0.3 is 9.57 Å². The molecule has 0 aliphatic carbocycles. The quantitative estimate of drug-likeness (QED) is 0.525. The molecule has 10 heteroatoms. The fraction of sp³-hybridized carbons (Fsp3) is 0.333. The molecule has 0 fully saturated rings. The molecule has 0 bridgehead atoms. The molecule has 0 saturated heterocycles. The number of nitrogens with zero attached hydrogens (tertiary/aromatic N) is 1.